The molecule has 0 saturated heterocycles. The second-order valence-corrected chi connectivity index (χ2v) is 6.68. The van der Waals surface area contributed by atoms with Gasteiger partial charge in [-0.3, -0.25) is 4.79 Å². The summed E-state index contributed by atoms with van der Waals surface area (Å²) >= 11 is 0. The average molecular weight is 385 g/mol. The van der Waals surface area contributed by atoms with Gasteiger partial charge >= 0.3 is 5.97 Å². The van der Waals surface area contributed by atoms with Crippen molar-refractivity contribution < 1.29 is 23.8 Å². The van der Waals surface area contributed by atoms with Crippen molar-refractivity contribution in [3.8, 4) is 11.5 Å². The van der Waals surface area contributed by atoms with Gasteiger partial charge < -0.3 is 19.5 Å². The first-order valence-corrected chi connectivity index (χ1v) is 9.33. The fraction of sp³-hybridized carbons (Fsp3) is 0.364. The molecule has 0 fully saturated rings. The summed E-state index contributed by atoms with van der Waals surface area (Å²) in [5.74, 6) is 0.503. The molecule has 0 saturated carbocycles. The second kappa shape index (κ2) is 11.0. The van der Waals surface area contributed by atoms with Gasteiger partial charge in [-0.05, 0) is 37.1 Å². The van der Waals surface area contributed by atoms with Crippen molar-refractivity contribution in [1.29, 1.82) is 0 Å². The highest BCUT2D eigenvalue weighted by Crippen LogP contribution is 2.19. The summed E-state index contributed by atoms with van der Waals surface area (Å²) < 4.78 is 16.4. The Labute approximate surface area is 165 Å². The number of nitrogens with one attached hydrogen (secondary N) is 1. The third-order valence-corrected chi connectivity index (χ3v) is 4.18. The molecular formula is C22H27NO5. The largest absolute Gasteiger partial charge is 0.490 e. The van der Waals surface area contributed by atoms with Crippen molar-refractivity contribution in [2.45, 2.75) is 26.8 Å². The van der Waals surface area contributed by atoms with Crippen molar-refractivity contribution in [1.82, 2.24) is 5.32 Å². The van der Waals surface area contributed by atoms with Gasteiger partial charge in [0.25, 0.3) is 5.91 Å². The summed E-state index contributed by atoms with van der Waals surface area (Å²) in [6.07, 6.45) is 0. The van der Waals surface area contributed by atoms with Crippen molar-refractivity contribution >= 4 is 11.9 Å². The lowest BCUT2D eigenvalue weighted by atomic mass is 10.1. The molecule has 6 heteroatoms. The van der Waals surface area contributed by atoms with Crippen molar-refractivity contribution in [2.75, 3.05) is 19.8 Å². The molecule has 0 aromatic heterocycles. The third-order valence-electron chi connectivity index (χ3n) is 4.18. The van der Waals surface area contributed by atoms with Crippen LogP contribution in [0.1, 0.15) is 31.1 Å². The molecule has 1 atom stereocenters. The third kappa shape index (κ3) is 6.95. The molecule has 0 aliphatic carbocycles. The maximum Gasteiger partial charge on any atom is 0.342 e. The second-order valence-electron chi connectivity index (χ2n) is 6.68. The summed E-state index contributed by atoms with van der Waals surface area (Å²) in [4.78, 5) is 24.2. The lowest BCUT2D eigenvalue weighted by molar-refractivity contribution is -0.125. The average Bonchev–Trinajstić information content (AvgIpc) is 2.70. The Morgan fingerprint density at radius 1 is 0.893 bits per heavy atom. The summed E-state index contributed by atoms with van der Waals surface area (Å²) in [6, 6.07) is 16.2. The van der Waals surface area contributed by atoms with E-state index >= 15 is 0 Å². The van der Waals surface area contributed by atoms with E-state index in [1.807, 2.05) is 51.1 Å². The highest BCUT2D eigenvalue weighted by atomic mass is 16.5. The van der Waals surface area contributed by atoms with E-state index in [9.17, 15) is 9.59 Å². The maximum atomic E-state index is 12.3. The predicted molar refractivity (Wildman–Crippen MR) is 107 cm³/mol. The molecule has 6 nitrogen and oxygen atoms in total. The van der Waals surface area contributed by atoms with Crippen LogP contribution in [0.5, 0.6) is 11.5 Å². The molecule has 150 valence electrons. The van der Waals surface area contributed by atoms with Crippen molar-refractivity contribution in [3.63, 3.8) is 0 Å². The molecule has 2 aromatic carbocycles. The lowest BCUT2D eigenvalue weighted by Crippen LogP contribution is -2.38. The van der Waals surface area contributed by atoms with Crippen molar-refractivity contribution in [3.05, 3.63) is 60.2 Å². The van der Waals surface area contributed by atoms with Crippen LogP contribution in [0.15, 0.2) is 54.6 Å². The molecule has 0 radical (unpaired) electrons. The molecule has 2 rings (SSSR count). The quantitative estimate of drug-likeness (QED) is 0.501. The Hall–Kier alpha value is -3.02. The molecule has 28 heavy (non-hydrogen) atoms. The monoisotopic (exact) mass is 385 g/mol. The Kier molecular flexibility index (Phi) is 8.34. The molecule has 0 aliphatic rings. The first kappa shape index (κ1) is 21.3. The van der Waals surface area contributed by atoms with E-state index in [0.29, 0.717) is 18.3 Å². The summed E-state index contributed by atoms with van der Waals surface area (Å²) in [6.45, 7) is 6.19. The lowest BCUT2D eigenvalue weighted by Gasteiger charge is -2.17. The molecule has 0 bridgehead atoms. The zero-order valence-electron chi connectivity index (χ0n) is 16.5. The van der Waals surface area contributed by atoms with Crippen LogP contribution in [0.4, 0.5) is 0 Å². The van der Waals surface area contributed by atoms with Gasteiger partial charge in [0, 0.05) is 6.04 Å². The van der Waals surface area contributed by atoms with Crippen LogP contribution >= 0.6 is 0 Å². The van der Waals surface area contributed by atoms with Gasteiger partial charge in [0.2, 0.25) is 0 Å². The maximum absolute atomic E-state index is 12.3. The minimum absolute atomic E-state index is 0.00596. The van der Waals surface area contributed by atoms with Crippen LogP contribution in [0.2, 0.25) is 0 Å². The molecule has 1 N–H and O–H groups in total. The summed E-state index contributed by atoms with van der Waals surface area (Å²) in [5, 5.41) is 2.79. The summed E-state index contributed by atoms with van der Waals surface area (Å²) in [5.41, 5.74) is 0.270. The topological polar surface area (TPSA) is 73.9 Å². The van der Waals surface area contributed by atoms with E-state index in [2.05, 4.69) is 5.32 Å². The van der Waals surface area contributed by atoms with Gasteiger partial charge in [0.15, 0.2) is 6.61 Å². The SMILES string of the molecule is CC(C)[C@@H](C)NC(=O)COC(=O)c1ccccc1OCCOc1ccccc1. The minimum atomic E-state index is -0.605. The zero-order chi connectivity index (χ0) is 20.4. The highest BCUT2D eigenvalue weighted by Gasteiger charge is 2.17. The van der Waals surface area contributed by atoms with Gasteiger partial charge in [0.1, 0.15) is 30.3 Å². The Balaban J connectivity index is 1.83. The fourth-order valence-corrected chi connectivity index (χ4v) is 2.26. The van der Waals surface area contributed by atoms with Crippen LogP contribution in [0, 0.1) is 5.92 Å². The number of rotatable bonds is 10. The number of carbonyl (C=O) groups excluding carboxylic acids is 2. The van der Waals surface area contributed by atoms with Gasteiger partial charge in [-0.15, -0.1) is 0 Å². The molecule has 0 heterocycles. The first-order chi connectivity index (χ1) is 13.5. The Morgan fingerprint density at radius 2 is 1.54 bits per heavy atom. The van der Waals surface area contributed by atoms with Gasteiger partial charge in [-0.2, -0.15) is 0 Å². The molecule has 1 amide bonds. The minimum Gasteiger partial charge on any atom is -0.490 e. The number of hydrogen-bond acceptors (Lipinski definition) is 5. The van der Waals surface area contributed by atoms with E-state index in [4.69, 9.17) is 14.2 Å². The van der Waals surface area contributed by atoms with Crippen molar-refractivity contribution in [2.24, 2.45) is 5.92 Å². The van der Waals surface area contributed by atoms with E-state index < -0.39 is 5.97 Å². The number of esters is 1. The van der Waals surface area contributed by atoms with Gasteiger partial charge in [-0.25, -0.2) is 4.79 Å². The molecule has 2 aromatic rings. The van der Waals surface area contributed by atoms with Crippen LogP contribution in [-0.2, 0) is 9.53 Å². The molecule has 0 aliphatic heterocycles. The predicted octanol–water partition coefficient (Wildman–Crippen LogP) is 3.46. The Bertz CT molecular complexity index is 761. The van der Waals surface area contributed by atoms with Crippen LogP contribution in [0.3, 0.4) is 0 Å². The van der Waals surface area contributed by atoms with Crippen LogP contribution in [0.25, 0.3) is 0 Å². The number of para-hydroxylation sites is 2. The zero-order valence-corrected chi connectivity index (χ0v) is 16.5. The van der Waals surface area contributed by atoms with E-state index in [1.54, 1.807) is 24.3 Å². The highest BCUT2D eigenvalue weighted by molar-refractivity contribution is 5.94. The van der Waals surface area contributed by atoms with E-state index in [1.165, 1.54) is 0 Å². The smallest absolute Gasteiger partial charge is 0.342 e. The van der Waals surface area contributed by atoms with E-state index in [-0.39, 0.29) is 30.7 Å². The summed E-state index contributed by atoms with van der Waals surface area (Å²) in [7, 11) is 0. The normalized spacial score (nSPS) is 11.6. The number of carbonyl (C=O) groups is 2. The number of benzene rings is 2. The molecular weight excluding hydrogens is 358 g/mol. The van der Waals surface area contributed by atoms with E-state index in [0.717, 1.165) is 5.75 Å². The first-order valence-electron chi connectivity index (χ1n) is 9.33. The Morgan fingerprint density at radius 3 is 2.25 bits per heavy atom. The van der Waals surface area contributed by atoms with Crippen LogP contribution in [-0.4, -0.2) is 37.7 Å². The molecule has 0 unspecified atom stereocenters. The van der Waals surface area contributed by atoms with Crippen LogP contribution < -0.4 is 14.8 Å². The standard InChI is InChI=1S/C22H27NO5/c1-16(2)17(3)23-21(24)15-28-22(25)19-11-7-8-12-20(19)27-14-13-26-18-9-5-4-6-10-18/h4-12,16-17H,13-15H2,1-3H3,(H,23,24)/t17-/m1/s1. The van der Waals surface area contributed by atoms with Gasteiger partial charge in [0.05, 0.1) is 0 Å². The van der Waals surface area contributed by atoms with Gasteiger partial charge in [-0.1, -0.05) is 44.2 Å². The number of hydrogen-bond donors (Lipinski definition) is 1. The number of amides is 1. The number of ether oxygens (including phenoxy) is 3. The fourth-order valence-electron chi connectivity index (χ4n) is 2.26. The molecule has 0 spiro atoms.